The molecule has 1 unspecified atom stereocenters. The van der Waals surface area contributed by atoms with Crippen LogP contribution in [-0.4, -0.2) is 36.6 Å². The highest BCUT2D eigenvalue weighted by Gasteiger charge is 2.21. The lowest BCUT2D eigenvalue weighted by atomic mass is 9.88. The van der Waals surface area contributed by atoms with E-state index in [4.69, 9.17) is 21.1 Å². The normalized spacial score (nSPS) is 16.9. The smallest absolute Gasteiger partial charge is 0.344 e. The lowest BCUT2D eigenvalue weighted by Crippen LogP contribution is -2.42. The minimum absolute atomic E-state index is 0.0906. The third-order valence-corrected chi connectivity index (χ3v) is 5.05. The Kier molecular flexibility index (Phi) is 7.31. The highest BCUT2D eigenvalue weighted by molar-refractivity contribution is 6.30. The van der Waals surface area contributed by atoms with E-state index in [1.54, 1.807) is 6.92 Å². The molecule has 1 aliphatic rings. The number of fused-ring (bicyclic) bond motifs is 1. The number of aryl methyl sites for hydroxylation is 1. The first-order chi connectivity index (χ1) is 13.5. The summed E-state index contributed by atoms with van der Waals surface area (Å²) >= 11 is 6.01. The van der Waals surface area contributed by atoms with Crippen molar-refractivity contribution in [1.29, 1.82) is 0 Å². The lowest BCUT2D eigenvalue weighted by Gasteiger charge is -2.28. The standard InChI is InChI=1S/C22H26ClNO4/c1-2-27-22(26)14-28-20-9-7-16-6-8-19(12-17(16)13-20)24-21(25)11-15-4-3-5-18(23)10-15/h3-5,7,9-10,13,19,21,24-25H,2,6,8,11-12,14H2,1H3/t19?,21-/m0/s1. The maximum absolute atomic E-state index is 11.5. The molecule has 0 amide bonds. The average Bonchev–Trinajstić information content (AvgIpc) is 2.66. The van der Waals surface area contributed by atoms with Crippen LogP contribution in [0.5, 0.6) is 5.75 Å². The van der Waals surface area contributed by atoms with E-state index in [1.807, 2.05) is 36.4 Å². The first kappa shape index (κ1) is 20.6. The summed E-state index contributed by atoms with van der Waals surface area (Å²) in [4.78, 5) is 11.5. The number of carbonyl (C=O) groups excluding carboxylic acids is 1. The Hall–Kier alpha value is -2.08. The molecule has 0 saturated heterocycles. The zero-order chi connectivity index (χ0) is 19.9. The number of ether oxygens (including phenoxy) is 2. The number of esters is 1. The predicted octanol–water partition coefficient (Wildman–Crippen LogP) is 3.29. The topological polar surface area (TPSA) is 67.8 Å². The molecule has 5 nitrogen and oxygen atoms in total. The van der Waals surface area contributed by atoms with Gasteiger partial charge in [-0.25, -0.2) is 4.79 Å². The molecule has 150 valence electrons. The number of aliphatic hydroxyl groups excluding tert-OH is 1. The van der Waals surface area contributed by atoms with Gasteiger partial charge in [0.15, 0.2) is 6.61 Å². The first-order valence-corrected chi connectivity index (χ1v) is 10.00. The summed E-state index contributed by atoms with van der Waals surface area (Å²) in [5.41, 5.74) is 3.46. The molecule has 0 aromatic heterocycles. The fourth-order valence-corrected chi connectivity index (χ4v) is 3.74. The van der Waals surface area contributed by atoms with Crippen LogP contribution < -0.4 is 10.1 Å². The van der Waals surface area contributed by atoms with Gasteiger partial charge in [0.1, 0.15) is 12.0 Å². The summed E-state index contributed by atoms with van der Waals surface area (Å²) in [6.07, 6.45) is 2.58. The second-order valence-electron chi connectivity index (χ2n) is 6.98. The summed E-state index contributed by atoms with van der Waals surface area (Å²) in [6, 6.07) is 13.6. The van der Waals surface area contributed by atoms with Crippen LogP contribution in [0.2, 0.25) is 5.02 Å². The van der Waals surface area contributed by atoms with Gasteiger partial charge in [-0.1, -0.05) is 29.8 Å². The van der Waals surface area contributed by atoms with Gasteiger partial charge in [0.25, 0.3) is 0 Å². The van der Waals surface area contributed by atoms with E-state index in [0.717, 1.165) is 24.8 Å². The number of nitrogens with one attached hydrogen (secondary N) is 1. The maximum Gasteiger partial charge on any atom is 0.344 e. The van der Waals surface area contributed by atoms with Crippen molar-refractivity contribution in [3.63, 3.8) is 0 Å². The van der Waals surface area contributed by atoms with Crippen molar-refractivity contribution >= 4 is 17.6 Å². The van der Waals surface area contributed by atoms with Gasteiger partial charge >= 0.3 is 5.97 Å². The van der Waals surface area contributed by atoms with Gasteiger partial charge in [0.2, 0.25) is 0 Å². The highest BCUT2D eigenvalue weighted by atomic mass is 35.5. The minimum Gasteiger partial charge on any atom is -0.482 e. The van der Waals surface area contributed by atoms with Gasteiger partial charge in [-0.2, -0.15) is 0 Å². The number of aliphatic hydroxyl groups is 1. The van der Waals surface area contributed by atoms with Crippen molar-refractivity contribution in [3.8, 4) is 5.75 Å². The zero-order valence-corrected chi connectivity index (χ0v) is 16.7. The van der Waals surface area contributed by atoms with Crippen molar-refractivity contribution in [2.24, 2.45) is 0 Å². The molecular weight excluding hydrogens is 378 g/mol. The zero-order valence-electron chi connectivity index (χ0n) is 16.0. The minimum atomic E-state index is -0.631. The third kappa shape index (κ3) is 5.96. The lowest BCUT2D eigenvalue weighted by molar-refractivity contribution is -0.145. The predicted molar refractivity (Wildman–Crippen MR) is 109 cm³/mol. The van der Waals surface area contributed by atoms with E-state index in [9.17, 15) is 9.90 Å². The molecular formula is C22H26ClNO4. The van der Waals surface area contributed by atoms with Gasteiger partial charge < -0.3 is 14.6 Å². The molecule has 0 fully saturated rings. The molecule has 6 heteroatoms. The van der Waals surface area contributed by atoms with Crippen LogP contribution >= 0.6 is 11.6 Å². The molecule has 2 aromatic rings. The molecule has 2 atom stereocenters. The highest BCUT2D eigenvalue weighted by Crippen LogP contribution is 2.26. The molecule has 0 bridgehead atoms. The van der Waals surface area contributed by atoms with Crippen molar-refractivity contribution < 1.29 is 19.4 Å². The van der Waals surface area contributed by atoms with Gasteiger partial charge in [0.05, 0.1) is 6.61 Å². The number of halogens is 1. The number of carbonyl (C=O) groups is 1. The van der Waals surface area contributed by atoms with E-state index in [0.29, 0.717) is 23.8 Å². The second-order valence-corrected chi connectivity index (χ2v) is 7.42. The van der Waals surface area contributed by atoms with E-state index < -0.39 is 6.23 Å². The van der Waals surface area contributed by atoms with Gasteiger partial charge in [-0.05, 0) is 67.1 Å². The average molecular weight is 404 g/mol. The Morgan fingerprint density at radius 1 is 1.29 bits per heavy atom. The van der Waals surface area contributed by atoms with Gasteiger partial charge in [-0.3, -0.25) is 5.32 Å². The van der Waals surface area contributed by atoms with Crippen molar-refractivity contribution in [3.05, 3.63) is 64.2 Å². The largest absolute Gasteiger partial charge is 0.482 e. The Bertz CT molecular complexity index is 811. The van der Waals surface area contributed by atoms with Gasteiger partial charge in [-0.15, -0.1) is 0 Å². The fourth-order valence-electron chi connectivity index (χ4n) is 3.53. The Labute approximate surface area is 170 Å². The summed E-state index contributed by atoms with van der Waals surface area (Å²) in [5, 5.41) is 14.4. The van der Waals surface area contributed by atoms with Crippen LogP contribution in [0.1, 0.15) is 30.0 Å². The van der Waals surface area contributed by atoms with E-state index in [1.165, 1.54) is 11.1 Å². The molecule has 2 aromatic carbocycles. The molecule has 3 rings (SSSR count). The Morgan fingerprint density at radius 2 is 2.14 bits per heavy atom. The first-order valence-electron chi connectivity index (χ1n) is 9.62. The van der Waals surface area contributed by atoms with E-state index in [-0.39, 0.29) is 18.6 Å². The monoisotopic (exact) mass is 403 g/mol. The van der Waals surface area contributed by atoms with E-state index >= 15 is 0 Å². The molecule has 0 heterocycles. The number of rotatable bonds is 8. The Morgan fingerprint density at radius 3 is 2.93 bits per heavy atom. The van der Waals surface area contributed by atoms with Crippen LogP contribution in [0, 0.1) is 0 Å². The third-order valence-electron chi connectivity index (χ3n) is 4.81. The summed E-state index contributed by atoms with van der Waals surface area (Å²) in [5.74, 6) is 0.288. The van der Waals surface area contributed by atoms with Crippen LogP contribution in [0.4, 0.5) is 0 Å². The van der Waals surface area contributed by atoms with Crippen LogP contribution in [0.15, 0.2) is 42.5 Å². The number of hydrogen-bond acceptors (Lipinski definition) is 5. The fraction of sp³-hybridized carbons (Fsp3) is 0.409. The van der Waals surface area contributed by atoms with Crippen LogP contribution in [-0.2, 0) is 28.8 Å². The van der Waals surface area contributed by atoms with Crippen molar-refractivity contribution in [2.45, 2.75) is 44.9 Å². The molecule has 0 saturated carbocycles. The number of benzene rings is 2. The van der Waals surface area contributed by atoms with Crippen LogP contribution in [0.3, 0.4) is 0 Å². The molecule has 0 spiro atoms. The molecule has 28 heavy (non-hydrogen) atoms. The quantitative estimate of drug-likeness (QED) is 0.523. The number of hydrogen-bond donors (Lipinski definition) is 2. The maximum atomic E-state index is 11.5. The van der Waals surface area contributed by atoms with Crippen LogP contribution in [0.25, 0.3) is 0 Å². The summed E-state index contributed by atoms with van der Waals surface area (Å²) in [6.45, 7) is 2.02. The Balaban J connectivity index is 1.55. The second kappa shape index (κ2) is 9.92. The molecule has 0 aliphatic heterocycles. The summed E-state index contributed by atoms with van der Waals surface area (Å²) < 4.78 is 10.4. The van der Waals surface area contributed by atoms with Crippen molar-refractivity contribution in [2.75, 3.05) is 13.2 Å². The molecule has 0 radical (unpaired) electrons. The molecule has 2 N–H and O–H groups in total. The summed E-state index contributed by atoms with van der Waals surface area (Å²) in [7, 11) is 0. The van der Waals surface area contributed by atoms with Crippen molar-refractivity contribution in [1.82, 2.24) is 5.32 Å². The van der Waals surface area contributed by atoms with Gasteiger partial charge in [0, 0.05) is 17.5 Å². The van der Waals surface area contributed by atoms with E-state index in [2.05, 4.69) is 11.4 Å². The SMILES string of the molecule is CCOC(=O)COc1ccc2c(c1)CC(N[C@@H](O)Cc1cccc(Cl)c1)CC2. The molecule has 1 aliphatic carbocycles.